The van der Waals surface area contributed by atoms with E-state index in [0.717, 1.165) is 76.4 Å². The Morgan fingerprint density at radius 2 is 1.66 bits per heavy atom. The average Bonchev–Trinajstić information content (AvgIpc) is 3.46. The zero-order valence-electron chi connectivity index (χ0n) is 21.8. The topological polar surface area (TPSA) is 79.3 Å². The van der Waals surface area contributed by atoms with Gasteiger partial charge in [-0.1, -0.05) is 65.4 Å². The van der Waals surface area contributed by atoms with Gasteiger partial charge in [-0.25, -0.2) is 0 Å². The van der Waals surface area contributed by atoms with Crippen LogP contribution in [0.1, 0.15) is 90.0 Å². The molecule has 0 saturated carbocycles. The Bertz CT molecular complexity index is 822. The first kappa shape index (κ1) is 27.3. The second-order valence-electron chi connectivity index (χ2n) is 10.0. The van der Waals surface area contributed by atoms with Crippen molar-refractivity contribution in [3.63, 3.8) is 0 Å². The summed E-state index contributed by atoms with van der Waals surface area (Å²) in [6, 6.07) is 5.61. The summed E-state index contributed by atoms with van der Waals surface area (Å²) in [5.41, 5.74) is 0.948. The van der Waals surface area contributed by atoms with E-state index in [-0.39, 0.29) is 31.2 Å². The number of likely N-dealkylation sites (tertiary alicyclic amines) is 1. The van der Waals surface area contributed by atoms with Gasteiger partial charge < -0.3 is 19.5 Å². The molecule has 35 heavy (non-hydrogen) atoms. The van der Waals surface area contributed by atoms with Crippen molar-refractivity contribution in [3.8, 4) is 11.5 Å². The molecular weight excluding hydrogens is 444 g/mol. The van der Waals surface area contributed by atoms with Crippen molar-refractivity contribution in [2.24, 2.45) is 5.92 Å². The Morgan fingerprint density at radius 1 is 0.971 bits per heavy atom. The van der Waals surface area contributed by atoms with Crippen LogP contribution in [-0.4, -0.2) is 65.8 Å². The van der Waals surface area contributed by atoms with Gasteiger partial charge in [0.1, 0.15) is 0 Å². The van der Waals surface area contributed by atoms with Gasteiger partial charge in [0.05, 0.1) is 12.5 Å². The summed E-state index contributed by atoms with van der Waals surface area (Å²) in [6.45, 7) is 9.06. The zero-order chi connectivity index (χ0) is 25.2. The molecule has 2 aliphatic rings. The molecular formula is C28H44N2O5. The molecule has 1 fully saturated rings. The number of ether oxygens (including phenoxy) is 2. The number of carbonyl (C=O) groups is 2. The molecule has 1 saturated heterocycles. The largest absolute Gasteiger partial charge is 0.481 e. The maximum Gasteiger partial charge on any atom is 0.308 e. The molecule has 1 N–H and O–H groups in total. The van der Waals surface area contributed by atoms with Crippen LogP contribution in [0.3, 0.4) is 0 Å². The van der Waals surface area contributed by atoms with Crippen molar-refractivity contribution in [3.05, 3.63) is 23.8 Å². The molecule has 0 spiro atoms. The predicted octanol–water partition coefficient (Wildman–Crippen LogP) is 5.28. The molecule has 1 amide bonds. The highest BCUT2D eigenvalue weighted by Gasteiger charge is 2.47. The third-order valence-corrected chi connectivity index (χ3v) is 7.47. The fourth-order valence-electron chi connectivity index (χ4n) is 5.45. The Labute approximate surface area is 210 Å². The fraction of sp³-hybridized carbons (Fsp3) is 0.714. The molecule has 1 aromatic carbocycles. The third-order valence-electron chi connectivity index (χ3n) is 7.47. The molecule has 2 aliphatic heterocycles. The first-order chi connectivity index (χ1) is 17.0. The minimum absolute atomic E-state index is 0.126. The molecule has 0 unspecified atom stereocenters. The van der Waals surface area contributed by atoms with Crippen molar-refractivity contribution < 1.29 is 24.2 Å². The molecule has 0 aromatic heterocycles. The number of hydrogen-bond donors (Lipinski definition) is 1. The number of rotatable bonds is 15. The number of amides is 1. The summed E-state index contributed by atoms with van der Waals surface area (Å²) in [5, 5.41) is 10.3. The van der Waals surface area contributed by atoms with Crippen LogP contribution in [-0.2, 0) is 9.59 Å². The van der Waals surface area contributed by atoms with Gasteiger partial charge >= 0.3 is 5.97 Å². The monoisotopic (exact) mass is 488 g/mol. The van der Waals surface area contributed by atoms with Crippen molar-refractivity contribution in [1.82, 2.24) is 9.80 Å². The second-order valence-corrected chi connectivity index (χ2v) is 10.0. The Kier molecular flexibility index (Phi) is 10.7. The van der Waals surface area contributed by atoms with Gasteiger partial charge in [0, 0.05) is 31.6 Å². The molecule has 196 valence electrons. The van der Waals surface area contributed by atoms with Crippen LogP contribution in [0.5, 0.6) is 11.5 Å². The van der Waals surface area contributed by atoms with Crippen molar-refractivity contribution in [2.75, 3.05) is 33.0 Å². The van der Waals surface area contributed by atoms with Crippen molar-refractivity contribution in [2.45, 2.75) is 90.5 Å². The molecule has 0 aliphatic carbocycles. The van der Waals surface area contributed by atoms with Gasteiger partial charge in [-0.3, -0.25) is 14.5 Å². The second kappa shape index (κ2) is 13.7. The first-order valence-electron chi connectivity index (χ1n) is 13.6. The minimum atomic E-state index is -0.781. The Hall–Kier alpha value is -2.28. The van der Waals surface area contributed by atoms with Crippen LogP contribution in [0.2, 0.25) is 0 Å². The maximum atomic E-state index is 13.4. The number of benzene rings is 1. The standard InChI is InChI=1S/C28H44N2O5/c1-4-7-10-11-12-23-27(28(32)33)22(21-13-14-24-25(17-21)35-20-34-24)18-30(23)19-26(31)29(15-8-5-2)16-9-6-3/h13-14,17,22-23,27H,4-12,15-16,18-20H2,1-3H3,(H,32,33)/t22-,23-,27+/m1/s1. The number of nitrogens with zero attached hydrogens (tertiary/aromatic N) is 2. The lowest BCUT2D eigenvalue weighted by molar-refractivity contribution is -0.144. The van der Waals surface area contributed by atoms with E-state index in [1.54, 1.807) is 0 Å². The molecule has 3 atom stereocenters. The van der Waals surface area contributed by atoms with E-state index in [1.807, 2.05) is 23.1 Å². The predicted molar refractivity (Wildman–Crippen MR) is 137 cm³/mol. The number of unbranched alkanes of at least 4 members (excludes halogenated alkanes) is 5. The number of carbonyl (C=O) groups excluding carboxylic acids is 1. The molecule has 3 rings (SSSR count). The van der Waals surface area contributed by atoms with E-state index in [0.29, 0.717) is 18.0 Å². The lowest BCUT2D eigenvalue weighted by atomic mass is 9.83. The van der Waals surface area contributed by atoms with Crippen LogP contribution < -0.4 is 9.47 Å². The highest BCUT2D eigenvalue weighted by molar-refractivity contribution is 5.79. The lowest BCUT2D eigenvalue weighted by Crippen LogP contribution is -2.44. The summed E-state index contributed by atoms with van der Waals surface area (Å²) in [5.74, 6) is -0.0247. The normalized spacial score (nSPS) is 21.4. The molecule has 0 radical (unpaired) electrons. The van der Waals surface area contributed by atoms with Crippen LogP contribution in [0.4, 0.5) is 0 Å². The van der Waals surface area contributed by atoms with Crippen molar-refractivity contribution in [1.29, 1.82) is 0 Å². The van der Waals surface area contributed by atoms with Gasteiger partial charge in [-0.15, -0.1) is 0 Å². The van der Waals surface area contributed by atoms with E-state index in [1.165, 1.54) is 0 Å². The number of carboxylic acids is 1. The van der Waals surface area contributed by atoms with Crippen molar-refractivity contribution >= 4 is 11.9 Å². The summed E-state index contributed by atoms with van der Waals surface area (Å²) in [7, 11) is 0. The number of hydrogen-bond acceptors (Lipinski definition) is 5. The van der Waals surface area contributed by atoms with Gasteiger partial charge in [-0.2, -0.15) is 0 Å². The first-order valence-corrected chi connectivity index (χ1v) is 13.6. The molecule has 1 aromatic rings. The van der Waals surface area contributed by atoms with Crippen LogP contribution in [0.15, 0.2) is 18.2 Å². The van der Waals surface area contributed by atoms with Gasteiger partial charge in [0.15, 0.2) is 11.5 Å². The summed E-state index contributed by atoms with van der Waals surface area (Å²) in [4.78, 5) is 30.1. The summed E-state index contributed by atoms with van der Waals surface area (Å²) < 4.78 is 11.0. The maximum absolute atomic E-state index is 13.4. The summed E-state index contributed by atoms with van der Waals surface area (Å²) in [6.07, 6.45) is 9.25. The molecule has 2 heterocycles. The summed E-state index contributed by atoms with van der Waals surface area (Å²) >= 11 is 0. The smallest absolute Gasteiger partial charge is 0.308 e. The van der Waals surface area contributed by atoms with E-state index in [2.05, 4.69) is 25.7 Å². The van der Waals surface area contributed by atoms with E-state index in [4.69, 9.17) is 9.47 Å². The van der Waals surface area contributed by atoms with Gasteiger partial charge in [0.25, 0.3) is 0 Å². The highest BCUT2D eigenvalue weighted by Crippen LogP contribution is 2.43. The molecule has 0 bridgehead atoms. The zero-order valence-corrected chi connectivity index (χ0v) is 21.8. The van der Waals surface area contributed by atoms with E-state index in [9.17, 15) is 14.7 Å². The Morgan fingerprint density at radius 3 is 2.31 bits per heavy atom. The molecule has 7 heteroatoms. The molecule has 7 nitrogen and oxygen atoms in total. The quantitative estimate of drug-likeness (QED) is 0.338. The highest BCUT2D eigenvalue weighted by atomic mass is 16.7. The number of aliphatic carboxylic acids is 1. The van der Waals surface area contributed by atoms with E-state index >= 15 is 0 Å². The third kappa shape index (κ3) is 7.12. The number of fused-ring (bicyclic) bond motifs is 1. The van der Waals surface area contributed by atoms with Gasteiger partial charge in [0.2, 0.25) is 12.7 Å². The SMILES string of the molecule is CCCCCC[C@@H]1[C@@H](C(=O)O)[C@@H](c2ccc3c(c2)OCO3)CN1CC(=O)N(CCCC)CCCC. The minimum Gasteiger partial charge on any atom is -0.481 e. The lowest BCUT2D eigenvalue weighted by Gasteiger charge is -2.30. The van der Waals surface area contributed by atoms with Gasteiger partial charge in [-0.05, 0) is 37.0 Å². The van der Waals surface area contributed by atoms with Crippen LogP contribution in [0.25, 0.3) is 0 Å². The van der Waals surface area contributed by atoms with Crippen LogP contribution >= 0.6 is 0 Å². The average molecular weight is 489 g/mol. The Balaban J connectivity index is 1.82. The van der Waals surface area contributed by atoms with E-state index < -0.39 is 11.9 Å². The fourth-order valence-corrected chi connectivity index (χ4v) is 5.45. The van der Waals surface area contributed by atoms with Crippen LogP contribution in [0, 0.1) is 5.92 Å². The number of carboxylic acid groups (broad SMARTS) is 1.